The van der Waals surface area contributed by atoms with Crippen molar-refractivity contribution >= 4 is 34.5 Å². The van der Waals surface area contributed by atoms with Gasteiger partial charge >= 0.3 is 0 Å². The van der Waals surface area contributed by atoms with Gasteiger partial charge in [0, 0.05) is 7.05 Å². The summed E-state index contributed by atoms with van der Waals surface area (Å²) in [5.74, 6) is 0.482. The molecular weight excluding hydrogens is 366 g/mol. The first-order chi connectivity index (χ1) is 13.0. The van der Waals surface area contributed by atoms with Crippen LogP contribution < -0.4 is 15.6 Å². The number of rotatable bonds is 7. The molecule has 0 fully saturated rings. The number of hydrogen-bond donors (Lipinski definition) is 2. The summed E-state index contributed by atoms with van der Waals surface area (Å²) in [5, 5.41) is 3.11. The number of H-pyrrole nitrogens is 1. The molecule has 2 heterocycles. The number of aromatic nitrogens is 4. The summed E-state index contributed by atoms with van der Waals surface area (Å²) < 4.78 is 7.28. The van der Waals surface area contributed by atoms with Crippen molar-refractivity contribution in [3.63, 3.8) is 0 Å². The second kappa shape index (κ2) is 8.26. The number of carbonyl (C=O) groups is 1. The van der Waals surface area contributed by atoms with Gasteiger partial charge in [0.15, 0.2) is 16.3 Å². The van der Waals surface area contributed by atoms with Crippen LogP contribution in [0.4, 0.5) is 5.69 Å². The van der Waals surface area contributed by atoms with E-state index in [4.69, 9.17) is 4.74 Å². The number of amides is 1. The Labute approximate surface area is 160 Å². The molecule has 0 aliphatic carbocycles. The van der Waals surface area contributed by atoms with Crippen molar-refractivity contribution in [3.05, 3.63) is 40.9 Å². The Bertz CT molecular complexity index is 1010. The first-order valence-corrected chi connectivity index (χ1v) is 9.52. The molecule has 8 nitrogen and oxygen atoms in total. The van der Waals surface area contributed by atoms with E-state index in [1.165, 1.54) is 18.1 Å². The molecule has 2 N–H and O–H groups in total. The van der Waals surface area contributed by atoms with Crippen LogP contribution in [-0.4, -0.2) is 37.3 Å². The van der Waals surface area contributed by atoms with Gasteiger partial charge in [-0.25, -0.2) is 9.97 Å². The minimum atomic E-state index is -0.380. The van der Waals surface area contributed by atoms with E-state index in [1.54, 1.807) is 17.7 Å². The number of fused-ring (bicyclic) bond motifs is 1. The van der Waals surface area contributed by atoms with Crippen LogP contribution >= 0.6 is 11.8 Å². The van der Waals surface area contributed by atoms with Crippen molar-refractivity contribution in [2.24, 2.45) is 7.05 Å². The van der Waals surface area contributed by atoms with Gasteiger partial charge in [0.1, 0.15) is 5.75 Å². The van der Waals surface area contributed by atoms with E-state index in [2.05, 4.69) is 20.3 Å². The maximum atomic E-state index is 12.8. The molecule has 0 aliphatic heterocycles. The largest absolute Gasteiger partial charge is 0.492 e. The Hall–Kier alpha value is -2.81. The zero-order valence-corrected chi connectivity index (χ0v) is 16.2. The van der Waals surface area contributed by atoms with E-state index in [0.717, 1.165) is 0 Å². The molecular formula is C18H21N5O3S. The number of hydrogen-bond acceptors (Lipinski definition) is 6. The number of ether oxygens (including phenoxy) is 1. The lowest BCUT2D eigenvalue weighted by Crippen LogP contribution is -2.25. The Morgan fingerprint density at radius 1 is 1.37 bits per heavy atom. The van der Waals surface area contributed by atoms with Crippen LogP contribution in [0.5, 0.6) is 5.75 Å². The van der Waals surface area contributed by atoms with Crippen molar-refractivity contribution in [2.45, 2.75) is 30.7 Å². The number of aryl methyl sites for hydroxylation is 1. The van der Waals surface area contributed by atoms with Crippen molar-refractivity contribution in [3.8, 4) is 5.75 Å². The summed E-state index contributed by atoms with van der Waals surface area (Å²) >= 11 is 1.30. The van der Waals surface area contributed by atoms with Gasteiger partial charge in [0.25, 0.3) is 5.56 Å². The quantitative estimate of drug-likeness (QED) is 0.604. The van der Waals surface area contributed by atoms with E-state index >= 15 is 0 Å². The number of anilines is 1. The third kappa shape index (κ3) is 3.97. The minimum absolute atomic E-state index is 0.149. The molecule has 3 aromatic rings. The molecule has 9 heteroatoms. The van der Waals surface area contributed by atoms with E-state index in [-0.39, 0.29) is 22.2 Å². The Kier molecular flexibility index (Phi) is 5.80. The highest BCUT2D eigenvalue weighted by molar-refractivity contribution is 8.00. The number of aromatic amines is 1. The molecule has 27 heavy (non-hydrogen) atoms. The number of imidazole rings is 1. The fourth-order valence-electron chi connectivity index (χ4n) is 2.61. The number of carbonyl (C=O) groups excluding carboxylic acids is 1. The molecule has 1 atom stereocenters. The van der Waals surface area contributed by atoms with Gasteiger partial charge in [-0.15, -0.1) is 0 Å². The summed E-state index contributed by atoms with van der Waals surface area (Å²) in [6.45, 7) is 4.34. The van der Waals surface area contributed by atoms with Crippen LogP contribution in [0, 0.1) is 0 Å². The number of nitrogens with one attached hydrogen (secondary N) is 2. The molecule has 1 aromatic carbocycles. The Balaban J connectivity index is 1.82. The van der Waals surface area contributed by atoms with Gasteiger partial charge in [-0.1, -0.05) is 30.8 Å². The van der Waals surface area contributed by atoms with Gasteiger partial charge in [0.2, 0.25) is 5.91 Å². The van der Waals surface area contributed by atoms with Crippen LogP contribution in [0.2, 0.25) is 0 Å². The van der Waals surface area contributed by atoms with Gasteiger partial charge in [-0.2, -0.15) is 0 Å². The molecule has 0 saturated carbocycles. The molecule has 2 aromatic heterocycles. The van der Waals surface area contributed by atoms with Crippen molar-refractivity contribution < 1.29 is 9.53 Å². The normalized spacial score (nSPS) is 12.1. The molecule has 0 saturated heterocycles. The van der Waals surface area contributed by atoms with E-state index in [1.807, 2.05) is 32.0 Å². The number of thioether (sulfide) groups is 1. The van der Waals surface area contributed by atoms with Gasteiger partial charge < -0.3 is 19.6 Å². The lowest BCUT2D eigenvalue weighted by atomic mass is 10.2. The Morgan fingerprint density at radius 2 is 2.15 bits per heavy atom. The van der Waals surface area contributed by atoms with E-state index in [9.17, 15) is 9.59 Å². The van der Waals surface area contributed by atoms with Crippen LogP contribution in [0.25, 0.3) is 11.2 Å². The Morgan fingerprint density at radius 3 is 2.85 bits per heavy atom. The lowest BCUT2D eigenvalue weighted by Gasteiger charge is -2.16. The highest BCUT2D eigenvalue weighted by Crippen LogP contribution is 2.29. The maximum Gasteiger partial charge on any atom is 0.278 e. The van der Waals surface area contributed by atoms with Crippen molar-refractivity contribution in [1.82, 2.24) is 19.5 Å². The molecule has 142 valence electrons. The van der Waals surface area contributed by atoms with E-state index in [0.29, 0.717) is 35.3 Å². The predicted molar refractivity (Wildman–Crippen MR) is 105 cm³/mol. The van der Waals surface area contributed by atoms with Crippen LogP contribution in [0.15, 0.2) is 40.5 Å². The zero-order valence-electron chi connectivity index (χ0n) is 15.4. The van der Waals surface area contributed by atoms with Gasteiger partial charge in [-0.3, -0.25) is 9.59 Å². The molecule has 1 unspecified atom stereocenters. The highest BCUT2D eigenvalue weighted by atomic mass is 32.2. The number of para-hydroxylation sites is 2. The molecule has 0 aliphatic rings. The zero-order chi connectivity index (χ0) is 19.4. The van der Waals surface area contributed by atoms with Crippen molar-refractivity contribution in [2.75, 3.05) is 11.9 Å². The third-order valence-electron chi connectivity index (χ3n) is 3.98. The van der Waals surface area contributed by atoms with Crippen LogP contribution in [-0.2, 0) is 11.8 Å². The fourth-order valence-corrected chi connectivity index (χ4v) is 3.59. The van der Waals surface area contributed by atoms with Crippen molar-refractivity contribution in [1.29, 1.82) is 0 Å². The molecule has 0 radical (unpaired) electrons. The third-order valence-corrected chi connectivity index (χ3v) is 5.38. The average molecular weight is 387 g/mol. The summed E-state index contributed by atoms with van der Waals surface area (Å²) in [6, 6.07) is 7.32. The topological polar surface area (TPSA) is 102 Å². The van der Waals surface area contributed by atoms with Crippen LogP contribution in [0.3, 0.4) is 0 Å². The van der Waals surface area contributed by atoms with Gasteiger partial charge in [-0.05, 0) is 25.5 Å². The second-order valence-electron chi connectivity index (χ2n) is 5.79. The molecule has 3 rings (SSSR count). The van der Waals surface area contributed by atoms with E-state index < -0.39 is 0 Å². The summed E-state index contributed by atoms with van der Waals surface area (Å²) in [6.07, 6.45) is 1.94. The first-order valence-electron chi connectivity index (χ1n) is 8.64. The molecule has 0 bridgehead atoms. The van der Waals surface area contributed by atoms with Gasteiger partial charge in [0.05, 0.1) is 23.9 Å². The summed E-state index contributed by atoms with van der Waals surface area (Å²) in [4.78, 5) is 35.7. The standard InChI is InChI=1S/C18H21N5O3S/c1-4-13(16(24)21-11-8-6-7-9-12(11)26-5-2)27-18-22-14-15(23(18)3)19-10-20-17(14)25/h6-10,13H,4-5H2,1-3H3,(H,21,24)(H,19,20,25). The minimum Gasteiger partial charge on any atom is -0.492 e. The fraction of sp³-hybridized carbons (Fsp3) is 0.333. The monoisotopic (exact) mass is 387 g/mol. The number of benzene rings is 1. The number of nitrogens with zero attached hydrogens (tertiary/aromatic N) is 3. The highest BCUT2D eigenvalue weighted by Gasteiger charge is 2.23. The predicted octanol–water partition coefficient (Wildman–Crippen LogP) is 2.56. The summed E-state index contributed by atoms with van der Waals surface area (Å²) in [7, 11) is 1.78. The summed E-state index contributed by atoms with van der Waals surface area (Å²) in [5.41, 5.74) is 1.08. The van der Waals surface area contributed by atoms with Crippen LogP contribution in [0.1, 0.15) is 20.3 Å². The average Bonchev–Trinajstić information content (AvgIpc) is 2.99. The first kappa shape index (κ1) is 19.0. The molecule has 0 spiro atoms. The maximum absolute atomic E-state index is 12.8. The SMILES string of the molecule is CCOc1ccccc1NC(=O)C(CC)Sc1nc2c(=O)[nH]cnc2n1C. The second-order valence-corrected chi connectivity index (χ2v) is 6.96. The lowest BCUT2D eigenvalue weighted by molar-refractivity contribution is -0.115. The molecule has 1 amide bonds. The smallest absolute Gasteiger partial charge is 0.278 e.